The van der Waals surface area contributed by atoms with Gasteiger partial charge in [-0.1, -0.05) is 78.9 Å². The molecule has 2 amide bonds. The molecule has 7 rings (SSSR count). The second-order valence-corrected chi connectivity index (χ2v) is 9.73. The first-order chi connectivity index (χ1) is 17.6. The van der Waals surface area contributed by atoms with Crippen LogP contribution in [0.1, 0.15) is 36.0 Å². The van der Waals surface area contributed by atoms with E-state index in [-0.39, 0.29) is 64.6 Å². The molecule has 1 N–H and O–H groups in total. The monoisotopic (exact) mass is 582 g/mol. The van der Waals surface area contributed by atoms with Gasteiger partial charge < -0.3 is 14.7 Å². The second-order valence-electron chi connectivity index (χ2n) is 9.73. The number of carbonyl (C=O) groups excluding carboxylic acids is 1. The van der Waals surface area contributed by atoms with E-state index in [1.165, 1.54) is 0 Å². The highest BCUT2D eigenvalue weighted by Crippen LogP contribution is 2.45. The zero-order valence-electron chi connectivity index (χ0n) is 21.4. The molecule has 2 saturated heterocycles. The molecule has 4 atom stereocenters. The first-order valence-corrected chi connectivity index (χ1v) is 12.5. The molecule has 6 nitrogen and oxygen atoms in total. The molecule has 3 aliphatic heterocycles. The van der Waals surface area contributed by atoms with Crippen molar-refractivity contribution in [3.8, 4) is 0 Å². The second kappa shape index (κ2) is 13.0. The maximum absolute atomic E-state index is 14.3. The number of nitrogens with zero attached hydrogens (tertiary/aromatic N) is 2. The number of carboxylic acid groups (broad SMARTS) is 1. The van der Waals surface area contributed by atoms with Crippen molar-refractivity contribution in [3.63, 3.8) is 0 Å². The van der Waals surface area contributed by atoms with Crippen LogP contribution in [0.3, 0.4) is 0 Å². The van der Waals surface area contributed by atoms with Gasteiger partial charge >= 0.3 is 12.0 Å². The van der Waals surface area contributed by atoms with Gasteiger partial charge in [0.05, 0.1) is 24.1 Å². The summed E-state index contributed by atoms with van der Waals surface area (Å²) >= 11 is 0. The summed E-state index contributed by atoms with van der Waals surface area (Å²) in [5, 5.41) is 10.3. The molecule has 3 aromatic carbocycles. The molecule has 9 heteroatoms. The fraction of sp³-hybridized carbons (Fsp3) is 0.267. The number of para-hydroxylation sites is 2. The van der Waals surface area contributed by atoms with Crippen molar-refractivity contribution in [2.75, 3.05) is 4.90 Å². The Morgan fingerprint density at radius 3 is 1.95 bits per heavy atom. The molecule has 3 heterocycles. The maximum Gasteiger partial charge on any atom is 0.330 e. The van der Waals surface area contributed by atoms with Gasteiger partial charge in [0, 0.05) is 12.0 Å². The van der Waals surface area contributed by atoms with Gasteiger partial charge in [0.1, 0.15) is 6.04 Å². The van der Waals surface area contributed by atoms with Gasteiger partial charge in [-0.05, 0) is 48.1 Å². The van der Waals surface area contributed by atoms with Crippen LogP contribution in [0.4, 0.5) is 16.2 Å². The highest BCUT2D eigenvalue weighted by Gasteiger charge is 2.54. The normalized spacial score (nSPS) is 22.3. The molecular formula is C30H34N2O4S3. The fourth-order valence-corrected chi connectivity index (χ4v) is 6.02. The molecule has 4 aliphatic rings. The van der Waals surface area contributed by atoms with Gasteiger partial charge in [-0.2, -0.15) is 40.5 Å². The summed E-state index contributed by atoms with van der Waals surface area (Å²) in [6, 6.07) is 24.0. The van der Waals surface area contributed by atoms with Crippen molar-refractivity contribution in [2.45, 2.75) is 44.1 Å². The van der Waals surface area contributed by atoms with E-state index in [1.54, 1.807) is 9.80 Å². The lowest BCUT2D eigenvalue weighted by Gasteiger charge is -2.53. The predicted molar refractivity (Wildman–Crippen MR) is 170 cm³/mol. The Bertz CT molecular complexity index is 1290. The van der Waals surface area contributed by atoms with Crippen molar-refractivity contribution in [2.24, 2.45) is 5.92 Å². The summed E-state index contributed by atoms with van der Waals surface area (Å²) in [6.45, 7) is 0.438. The van der Waals surface area contributed by atoms with E-state index >= 15 is 0 Å². The molecule has 1 saturated carbocycles. The predicted octanol–water partition coefficient (Wildman–Crippen LogP) is 6.29. The number of hydrogen-bond donors (Lipinski definition) is 1. The molecule has 0 spiro atoms. The van der Waals surface area contributed by atoms with E-state index in [4.69, 9.17) is 4.74 Å². The highest BCUT2D eigenvalue weighted by molar-refractivity contribution is 7.59. The third-order valence-electron chi connectivity index (χ3n) is 7.68. The number of rotatable bonds is 4. The molecule has 206 valence electrons. The molecule has 0 radical (unpaired) electrons. The van der Waals surface area contributed by atoms with Crippen molar-refractivity contribution < 1.29 is 19.4 Å². The van der Waals surface area contributed by atoms with Crippen LogP contribution < -0.4 is 4.90 Å². The third kappa shape index (κ3) is 5.72. The van der Waals surface area contributed by atoms with E-state index in [9.17, 15) is 14.7 Å². The number of piperidine rings is 2. The summed E-state index contributed by atoms with van der Waals surface area (Å²) in [4.78, 5) is 30.3. The van der Waals surface area contributed by atoms with Gasteiger partial charge in [-0.3, -0.25) is 4.90 Å². The fourth-order valence-electron chi connectivity index (χ4n) is 6.02. The lowest BCUT2D eigenvalue weighted by Crippen LogP contribution is -2.66. The van der Waals surface area contributed by atoms with Crippen LogP contribution in [0.5, 0.6) is 0 Å². The van der Waals surface area contributed by atoms with Crippen LogP contribution in [0, 0.1) is 5.92 Å². The van der Waals surface area contributed by atoms with Crippen LogP contribution in [0.25, 0.3) is 12.2 Å². The summed E-state index contributed by atoms with van der Waals surface area (Å²) in [5.74, 6) is -1.23. The summed E-state index contributed by atoms with van der Waals surface area (Å²) in [6.07, 6.45) is 5.97. The van der Waals surface area contributed by atoms with Gasteiger partial charge in [-0.25, -0.2) is 9.59 Å². The Balaban J connectivity index is 0.00000140. The minimum absolute atomic E-state index is 0. The Labute approximate surface area is 250 Å². The molecule has 3 fully saturated rings. The number of carboxylic acids is 1. The van der Waals surface area contributed by atoms with Gasteiger partial charge in [-0.15, -0.1) is 0 Å². The van der Waals surface area contributed by atoms with E-state index in [1.807, 2.05) is 91.0 Å². The molecular weight excluding hydrogens is 549 g/mol. The van der Waals surface area contributed by atoms with E-state index in [2.05, 4.69) is 0 Å². The number of urea groups is 1. The van der Waals surface area contributed by atoms with E-state index in [0.29, 0.717) is 13.0 Å². The number of anilines is 2. The van der Waals surface area contributed by atoms with Crippen molar-refractivity contribution in [1.82, 2.24) is 4.90 Å². The van der Waals surface area contributed by atoms with Crippen molar-refractivity contribution in [1.29, 1.82) is 0 Å². The first kappa shape index (κ1) is 30.7. The lowest BCUT2D eigenvalue weighted by atomic mass is 9.72. The summed E-state index contributed by atoms with van der Waals surface area (Å²) in [5.41, 5.74) is 4.40. The quantitative estimate of drug-likeness (QED) is 0.393. The molecule has 1 aliphatic carbocycles. The zero-order chi connectivity index (χ0) is 24.6. The maximum atomic E-state index is 14.3. The molecule has 3 aromatic rings. The van der Waals surface area contributed by atoms with Gasteiger partial charge in [0.2, 0.25) is 0 Å². The smallest absolute Gasteiger partial charge is 0.330 e. The molecule has 0 aromatic heterocycles. The Kier molecular flexibility index (Phi) is 10.2. The number of aliphatic carboxylic acids is 1. The number of carbonyl (C=O) groups is 2. The summed E-state index contributed by atoms with van der Waals surface area (Å²) in [7, 11) is 0. The molecule has 2 bridgehead atoms. The minimum atomic E-state index is -0.972. The topological polar surface area (TPSA) is 70.1 Å². The van der Waals surface area contributed by atoms with Gasteiger partial charge in [0.25, 0.3) is 0 Å². The van der Waals surface area contributed by atoms with Gasteiger partial charge in [0.15, 0.2) is 0 Å². The number of ether oxygens (including phenoxy) is 1. The van der Waals surface area contributed by atoms with Crippen LogP contribution in [-0.4, -0.2) is 40.2 Å². The minimum Gasteiger partial charge on any atom is -0.480 e. The van der Waals surface area contributed by atoms with Crippen LogP contribution in [0.2, 0.25) is 0 Å². The van der Waals surface area contributed by atoms with E-state index in [0.717, 1.165) is 40.9 Å². The zero-order valence-corrected chi connectivity index (χ0v) is 24.4. The average Bonchev–Trinajstić information content (AvgIpc) is 3.09. The SMILES string of the molecule is O=C(O)[C@@H]1[C@@H]2CC[C@@H](CC2OCc2ccccc2)N1C(=O)N1c2ccccc2C=Cc2ccccc21.S.S.S. The lowest BCUT2D eigenvalue weighted by molar-refractivity contribution is -0.161. The Morgan fingerprint density at radius 2 is 1.36 bits per heavy atom. The highest BCUT2D eigenvalue weighted by atomic mass is 32.1. The summed E-state index contributed by atoms with van der Waals surface area (Å²) < 4.78 is 6.26. The van der Waals surface area contributed by atoms with Crippen LogP contribution in [0.15, 0.2) is 78.9 Å². The number of benzene rings is 3. The standard InChI is InChI=1S/C30H28N2O4.3H2S/c33-29(34)28-24-17-16-23(18-27(24)36-19-20-8-2-1-3-9-20)31(28)30(35)32-25-12-6-4-10-21(25)14-15-22-11-5-7-13-26(22)32;;;/h1-15,23-24,27-28H,16-19H2,(H,33,34);3*1H2/t23-,24+,27?,28-;;;/m0.../s1. The number of amides is 2. The molecule has 39 heavy (non-hydrogen) atoms. The Hall–Kier alpha value is -2.85. The number of fused-ring (bicyclic) bond motifs is 5. The number of hydrogen-bond acceptors (Lipinski definition) is 3. The Morgan fingerprint density at radius 1 is 0.795 bits per heavy atom. The van der Waals surface area contributed by atoms with Crippen LogP contribution >= 0.6 is 40.5 Å². The third-order valence-corrected chi connectivity index (χ3v) is 7.68. The van der Waals surface area contributed by atoms with E-state index < -0.39 is 12.0 Å². The van der Waals surface area contributed by atoms with Crippen molar-refractivity contribution in [3.05, 3.63) is 95.6 Å². The molecule has 1 unspecified atom stereocenters. The van der Waals surface area contributed by atoms with Crippen LogP contribution in [-0.2, 0) is 16.1 Å². The van der Waals surface area contributed by atoms with Crippen molar-refractivity contribution >= 4 is 76.0 Å². The first-order valence-electron chi connectivity index (χ1n) is 12.5. The average molecular weight is 583 g/mol. The largest absolute Gasteiger partial charge is 0.480 e.